The van der Waals surface area contributed by atoms with Crippen molar-refractivity contribution in [2.24, 2.45) is 0 Å². The second kappa shape index (κ2) is 4.34. The molecule has 0 spiro atoms. The second-order valence-corrected chi connectivity index (χ2v) is 6.87. The molecule has 0 aliphatic carbocycles. The zero-order chi connectivity index (χ0) is 12.6. The van der Waals surface area contributed by atoms with E-state index in [1.54, 1.807) is 7.05 Å². The van der Waals surface area contributed by atoms with Crippen LogP contribution in [-0.4, -0.2) is 48.8 Å². The van der Waals surface area contributed by atoms with Gasteiger partial charge in [0.2, 0.25) is 0 Å². The van der Waals surface area contributed by atoms with E-state index in [0.29, 0.717) is 17.1 Å². The number of rotatable bonds is 2. The van der Waals surface area contributed by atoms with Crippen LogP contribution in [0.1, 0.15) is 16.9 Å². The van der Waals surface area contributed by atoms with Gasteiger partial charge in [-0.15, -0.1) is 0 Å². The largest absolute Gasteiger partial charge is 0.356 e. The minimum Gasteiger partial charge on any atom is -0.356 e. The predicted octanol–water partition coefficient (Wildman–Crippen LogP) is 0.927. The summed E-state index contributed by atoms with van der Waals surface area (Å²) in [5.41, 5.74) is 0.377. The summed E-state index contributed by atoms with van der Waals surface area (Å²) in [6, 6.07) is 1.29. The second-order valence-electron chi connectivity index (χ2n) is 4.20. The normalized spacial score (nSPS) is 22.6. The van der Waals surface area contributed by atoms with Gasteiger partial charge in [-0.05, 0) is 12.5 Å². The topological polar surface area (TPSA) is 70.2 Å². The Kier molecular flexibility index (Phi) is 3.18. The average molecular weight is 277 g/mol. The number of carbonyl (C=O) groups is 1. The first kappa shape index (κ1) is 12.4. The molecular formula is C10H13ClN2O3S. The van der Waals surface area contributed by atoms with Crippen LogP contribution in [0.15, 0.2) is 12.3 Å². The number of aromatic nitrogens is 1. The zero-order valence-electron chi connectivity index (χ0n) is 9.31. The Bertz CT molecular complexity index is 538. The van der Waals surface area contributed by atoms with Gasteiger partial charge in [0.1, 0.15) is 5.69 Å². The number of nitrogens with zero attached hydrogens (tertiary/aromatic N) is 1. The van der Waals surface area contributed by atoms with Crippen molar-refractivity contribution in [2.45, 2.75) is 12.5 Å². The van der Waals surface area contributed by atoms with E-state index in [9.17, 15) is 13.2 Å². The Morgan fingerprint density at radius 3 is 2.76 bits per heavy atom. The molecule has 2 heterocycles. The van der Waals surface area contributed by atoms with E-state index in [2.05, 4.69) is 4.98 Å². The van der Waals surface area contributed by atoms with E-state index in [-0.39, 0.29) is 23.5 Å². The molecule has 5 nitrogen and oxygen atoms in total. The molecule has 1 aromatic heterocycles. The first-order valence-electron chi connectivity index (χ1n) is 5.20. The summed E-state index contributed by atoms with van der Waals surface area (Å²) in [5, 5.41) is 0.459. The van der Waals surface area contributed by atoms with E-state index in [4.69, 9.17) is 11.6 Å². The first-order valence-corrected chi connectivity index (χ1v) is 7.40. The summed E-state index contributed by atoms with van der Waals surface area (Å²) in [7, 11) is -1.37. The van der Waals surface area contributed by atoms with E-state index in [1.165, 1.54) is 17.2 Å². The van der Waals surface area contributed by atoms with Crippen molar-refractivity contribution in [3.05, 3.63) is 23.0 Å². The van der Waals surface area contributed by atoms with Crippen molar-refractivity contribution in [3.63, 3.8) is 0 Å². The van der Waals surface area contributed by atoms with Crippen molar-refractivity contribution in [1.82, 2.24) is 9.88 Å². The van der Waals surface area contributed by atoms with Crippen LogP contribution in [0.4, 0.5) is 0 Å². The van der Waals surface area contributed by atoms with Gasteiger partial charge in [-0.25, -0.2) is 8.42 Å². The van der Waals surface area contributed by atoms with E-state index in [0.717, 1.165) is 0 Å². The predicted molar refractivity (Wildman–Crippen MR) is 65.0 cm³/mol. The van der Waals surface area contributed by atoms with Crippen LogP contribution in [0.5, 0.6) is 0 Å². The molecular weight excluding hydrogens is 264 g/mol. The molecule has 0 radical (unpaired) electrons. The molecule has 1 N–H and O–H groups in total. The highest BCUT2D eigenvalue weighted by atomic mass is 35.5. The molecule has 0 saturated carbocycles. The standard InChI is InChI=1S/C10H13ClN2O3S/c1-13(8-2-3-17(15,16)6-8)10(14)9-4-7(11)5-12-9/h4-5,8,12H,2-3,6H2,1H3. The van der Waals surface area contributed by atoms with Gasteiger partial charge in [0.15, 0.2) is 9.84 Å². The van der Waals surface area contributed by atoms with Gasteiger partial charge < -0.3 is 9.88 Å². The van der Waals surface area contributed by atoms with Gasteiger partial charge in [-0.3, -0.25) is 4.79 Å². The van der Waals surface area contributed by atoms with Gasteiger partial charge in [-0.2, -0.15) is 0 Å². The highest BCUT2D eigenvalue weighted by Crippen LogP contribution is 2.19. The van der Waals surface area contributed by atoms with Crippen LogP contribution in [0.25, 0.3) is 0 Å². The molecule has 17 heavy (non-hydrogen) atoms. The van der Waals surface area contributed by atoms with Crippen molar-refractivity contribution < 1.29 is 13.2 Å². The number of sulfone groups is 1. The Balaban J connectivity index is 2.11. The summed E-state index contributed by atoms with van der Waals surface area (Å²) >= 11 is 5.72. The summed E-state index contributed by atoms with van der Waals surface area (Å²) in [5.74, 6) is -0.0382. The number of amides is 1. The number of hydrogen-bond acceptors (Lipinski definition) is 3. The van der Waals surface area contributed by atoms with Crippen molar-refractivity contribution in [2.75, 3.05) is 18.6 Å². The lowest BCUT2D eigenvalue weighted by Crippen LogP contribution is -2.37. The molecule has 1 amide bonds. The van der Waals surface area contributed by atoms with E-state index in [1.807, 2.05) is 0 Å². The van der Waals surface area contributed by atoms with Crippen LogP contribution < -0.4 is 0 Å². The summed E-state index contributed by atoms with van der Waals surface area (Å²) in [4.78, 5) is 16.2. The van der Waals surface area contributed by atoms with Crippen LogP contribution >= 0.6 is 11.6 Å². The minimum absolute atomic E-state index is 0.0453. The van der Waals surface area contributed by atoms with E-state index < -0.39 is 9.84 Å². The summed E-state index contributed by atoms with van der Waals surface area (Å²) < 4.78 is 22.7. The molecule has 1 aromatic rings. The lowest BCUT2D eigenvalue weighted by molar-refractivity contribution is 0.0742. The molecule has 0 bridgehead atoms. The van der Waals surface area contributed by atoms with Crippen LogP contribution in [0.2, 0.25) is 5.02 Å². The smallest absolute Gasteiger partial charge is 0.270 e. The number of halogens is 1. The molecule has 1 unspecified atom stereocenters. The van der Waals surface area contributed by atoms with Gasteiger partial charge in [0, 0.05) is 19.3 Å². The molecule has 7 heteroatoms. The molecule has 1 aliphatic rings. The third-order valence-corrected chi connectivity index (χ3v) is 4.92. The van der Waals surface area contributed by atoms with Gasteiger partial charge >= 0.3 is 0 Å². The highest BCUT2D eigenvalue weighted by Gasteiger charge is 2.33. The Morgan fingerprint density at radius 2 is 2.29 bits per heavy atom. The molecule has 0 aromatic carbocycles. The molecule has 1 saturated heterocycles. The van der Waals surface area contributed by atoms with Crippen molar-refractivity contribution in [1.29, 1.82) is 0 Å². The molecule has 1 aliphatic heterocycles. The minimum atomic E-state index is -2.98. The summed E-state index contributed by atoms with van der Waals surface area (Å²) in [6.45, 7) is 0. The third-order valence-electron chi connectivity index (χ3n) is 2.95. The number of nitrogens with one attached hydrogen (secondary N) is 1. The average Bonchev–Trinajstić information content (AvgIpc) is 2.82. The number of hydrogen-bond donors (Lipinski definition) is 1. The fourth-order valence-electron chi connectivity index (χ4n) is 1.93. The fourth-order valence-corrected chi connectivity index (χ4v) is 3.87. The lowest BCUT2D eigenvalue weighted by atomic mass is 10.2. The maximum atomic E-state index is 12.0. The van der Waals surface area contributed by atoms with Crippen molar-refractivity contribution in [3.8, 4) is 0 Å². The molecule has 1 fully saturated rings. The van der Waals surface area contributed by atoms with Crippen LogP contribution in [-0.2, 0) is 9.84 Å². The number of H-pyrrole nitrogens is 1. The molecule has 2 rings (SSSR count). The monoisotopic (exact) mass is 276 g/mol. The number of carbonyl (C=O) groups excluding carboxylic acids is 1. The highest BCUT2D eigenvalue weighted by molar-refractivity contribution is 7.91. The fraction of sp³-hybridized carbons (Fsp3) is 0.500. The van der Waals surface area contributed by atoms with Gasteiger partial charge in [0.25, 0.3) is 5.91 Å². The lowest BCUT2D eigenvalue weighted by Gasteiger charge is -2.22. The Morgan fingerprint density at radius 1 is 1.59 bits per heavy atom. The van der Waals surface area contributed by atoms with E-state index >= 15 is 0 Å². The van der Waals surface area contributed by atoms with Crippen LogP contribution in [0, 0.1) is 0 Å². The maximum absolute atomic E-state index is 12.0. The third kappa shape index (κ3) is 2.63. The van der Waals surface area contributed by atoms with Gasteiger partial charge in [0.05, 0.1) is 16.5 Å². The zero-order valence-corrected chi connectivity index (χ0v) is 10.9. The maximum Gasteiger partial charge on any atom is 0.270 e. The van der Waals surface area contributed by atoms with Gasteiger partial charge in [-0.1, -0.05) is 11.6 Å². The molecule has 94 valence electrons. The Hall–Kier alpha value is -1.01. The SMILES string of the molecule is CN(C(=O)c1cc(Cl)c[nH]1)C1CCS(=O)(=O)C1. The van der Waals surface area contributed by atoms with Crippen LogP contribution in [0.3, 0.4) is 0 Å². The first-order chi connectivity index (χ1) is 7.89. The number of aromatic amines is 1. The Labute approximate surface area is 105 Å². The summed E-state index contributed by atoms with van der Waals surface area (Å²) in [6.07, 6.45) is 2.02. The van der Waals surface area contributed by atoms with Crippen molar-refractivity contribution >= 4 is 27.3 Å². The quantitative estimate of drug-likeness (QED) is 0.873. The molecule has 1 atom stereocenters.